The van der Waals surface area contributed by atoms with Gasteiger partial charge in [-0.05, 0) is 12.0 Å². The second kappa shape index (κ2) is 10.7. The topological polar surface area (TPSA) is 71.3 Å². The molecule has 6 nitrogen and oxygen atoms in total. The summed E-state index contributed by atoms with van der Waals surface area (Å²) in [5, 5.41) is 9.11. The molecule has 0 spiro atoms. The van der Waals surface area contributed by atoms with Crippen molar-refractivity contribution >= 4 is 23.5 Å². The smallest absolute Gasteiger partial charge is 0.305 e. The van der Waals surface area contributed by atoms with Gasteiger partial charge in [0.05, 0.1) is 20.2 Å². The van der Waals surface area contributed by atoms with Crippen LogP contribution in [0.1, 0.15) is 24.8 Å². The summed E-state index contributed by atoms with van der Waals surface area (Å²) < 4.78 is 4.55. The van der Waals surface area contributed by atoms with E-state index in [2.05, 4.69) is 15.1 Å². The number of nitrogens with zero attached hydrogens (tertiary/aromatic N) is 3. The van der Waals surface area contributed by atoms with Gasteiger partial charge in [-0.15, -0.1) is 11.6 Å². The van der Waals surface area contributed by atoms with Crippen molar-refractivity contribution < 1.29 is 14.3 Å². The van der Waals surface area contributed by atoms with Crippen LogP contribution in [0.2, 0.25) is 0 Å². The first-order chi connectivity index (χ1) is 10.7. The largest absolute Gasteiger partial charge is 0.469 e. The molecule has 22 heavy (non-hydrogen) atoms. The molecule has 1 aromatic rings. The van der Waals surface area contributed by atoms with E-state index in [-0.39, 0.29) is 24.7 Å². The van der Waals surface area contributed by atoms with Gasteiger partial charge < -0.3 is 4.74 Å². The molecule has 0 aliphatic heterocycles. The number of alkyl halides is 1. The zero-order valence-electron chi connectivity index (χ0n) is 12.6. The molecule has 0 saturated carbocycles. The quantitative estimate of drug-likeness (QED) is 0.303. The number of esters is 1. The van der Waals surface area contributed by atoms with Crippen molar-refractivity contribution in [1.82, 2.24) is 5.01 Å². The number of rotatable bonds is 9. The number of hydrogen-bond donors (Lipinski definition) is 0. The Morgan fingerprint density at radius 3 is 2.59 bits per heavy atom. The Labute approximate surface area is 135 Å². The number of hydrogen-bond acceptors (Lipinski definition) is 5. The van der Waals surface area contributed by atoms with Gasteiger partial charge in [-0.3, -0.25) is 9.59 Å². The molecular weight excluding hydrogens is 306 g/mol. The van der Waals surface area contributed by atoms with E-state index in [4.69, 9.17) is 11.6 Å². The van der Waals surface area contributed by atoms with Crippen molar-refractivity contribution in [2.45, 2.75) is 25.8 Å². The standard InChI is InChI=1S/C15H20ClN3O3/c1-22-15(21)9-5-8-14(20)19(18-17-11-10-16)12-13-6-3-2-4-7-13/h2-4,6-7H,5,8-12H2,1H3. The summed E-state index contributed by atoms with van der Waals surface area (Å²) in [6.45, 7) is 0.686. The van der Waals surface area contributed by atoms with E-state index in [0.717, 1.165) is 5.56 Å². The minimum absolute atomic E-state index is 0.189. The first-order valence-electron chi connectivity index (χ1n) is 7.02. The van der Waals surface area contributed by atoms with Crippen LogP contribution in [0.15, 0.2) is 40.7 Å². The fourth-order valence-corrected chi connectivity index (χ4v) is 1.78. The molecule has 0 unspecified atom stereocenters. The van der Waals surface area contributed by atoms with E-state index in [1.165, 1.54) is 12.1 Å². The van der Waals surface area contributed by atoms with Crippen LogP contribution in [0.4, 0.5) is 0 Å². The third-order valence-electron chi connectivity index (χ3n) is 2.82. The maximum atomic E-state index is 12.2. The molecule has 0 saturated heterocycles. The maximum Gasteiger partial charge on any atom is 0.305 e. The lowest BCUT2D eigenvalue weighted by Crippen LogP contribution is -2.25. The molecule has 0 N–H and O–H groups in total. The van der Waals surface area contributed by atoms with Crippen LogP contribution in [0, 0.1) is 0 Å². The van der Waals surface area contributed by atoms with Gasteiger partial charge in [0.1, 0.15) is 0 Å². The molecule has 0 bridgehead atoms. The Morgan fingerprint density at radius 1 is 1.23 bits per heavy atom. The molecule has 0 aliphatic carbocycles. The van der Waals surface area contributed by atoms with E-state index in [0.29, 0.717) is 25.4 Å². The Hall–Kier alpha value is -1.95. The van der Waals surface area contributed by atoms with Crippen molar-refractivity contribution in [1.29, 1.82) is 0 Å². The van der Waals surface area contributed by atoms with Crippen LogP contribution in [0.25, 0.3) is 0 Å². The summed E-state index contributed by atoms with van der Waals surface area (Å²) in [7, 11) is 1.33. The molecule has 7 heteroatoms. The Bertz CT molecular complexity index is 494. The molecule has 1 rings (SSSR count). The monoisotopic (exact) mass is 325 g/mol. The molecule has 0 radical (unpaired) electrons. The molecular formula is C15H20ClN3O3. The van der Waals surface area contributed by atoms with E-state index < -0.39 is 0 Å². The van der Waals surface area contributed by atoms with Gasteiger partial charge in [-0.25, -0.2) is 5.01 Å². The summed E-state index contributed by atoms with van der Waals surface area (Å²) in [6, 6.07) is 9.51. The van der Waals surface area contributed by atoms with Crippen molar-refractivity contribution in [2.24, 2.45) is 10.3 Å². The van der Waals surface area contributed by atoms with Gasteiger partial charge in [-0.2, -0.15) is 5.11 Å². The molecule has 0 aliphatic rings. The van der Waals surface area contributed by atoms with E-state index in [1.807, 2.05) is 30.3 Å². The number of amides is 1. The normalized spacial score (nSPS) is 10.6. The molecule has 0 fully saturated rings. The maximum absolute atomic E-state index is 12.2. The average molecular weight is 326 g/mol. The minimum Gasteiger partial charge on any atom is -0.469 e. The fourth-order valence-electron chi connectivity index (χ4n) is 1.70. The first kappa shape index (κ1) is 18.1. The van der Waals surface area contributed by atoms with Crippen LogP contribution in [-0.2, 0) is 20.9 Å². The highest BCUT2D eigenvalue weighted by molar-refractivity contribution is 6.18. The van der Waals surface area contributed by atoms with Gasteiger partial charge >= 0.3 is 5.97 Å². The van der Waals surface area contributed by atoms with Crippen LogP contribution in [0.5, 0.6) is 0 Å². The third-order valence-corrected chi connectivity index (χ3v) is 2.99. The highest BCUT2D eigenvalue weighted by Gasteiger charge is 2.14. The van der Waals surface area contributed by atoms with Crippen molar-refractivity contribution in [3.63, 3.8) is 0 Å². The van der Waals surface area contributed by atoms with Crippen molar-refractivity contribution in [3.05, 3.63) is 35.9 Å². The summed E-state index contributed by atoms with van der Waals surface area (Å²) in [5.41, 5.74) is 0.952. The highest BCUT2D eigenvalue weighted by Crippen LogP contribution is 2.09. The zero-order chi connectivity index (χ0) is 16.2. The number of ether oxygens (including phenoxy) is 1. The summed E-state index contributed by atoms with van der Waals surface area (Å²) >= 11 is 5.55. The van der Waals surface area contributed by atoms with Crippen LogP contribution >= 0.6 is 11.6 Å². The predicted molar refractivity (Wildman–Crippen MR) is 83.3 cm³/mol. The third kappa shape index (κ3) is 7.17. The number of benzene rings is 1. The minimum atomic E-state index is -0.328. The lowest BCUT2D eigenvalue weighted by molar-refractivity contribution is -0.141. The van der Waals surface area contributed by atoms with Gasteiger partial charge in [0.25, 0.3) is 0 Å². The van der Waals surface area contributed by atoms with Crippen LogP contribution < -0.4 is 0 Å². The number of halogens is 1. The number of carbonyl (C=O) groups is 2. The Balaban J connectivity index is 2.60. The SMILES string of the molecule is COC(=O)CCCC(=O)N(Cc1ccccc1)N=NCCCl. The summed E-state index contributed by atoms with van der Waals surface area (Å²) in [4.78, 5) is 23.3. The van der Waals surface area contributed by atoms with Gasteiger partial charge in [0.15, 0.2) is 0 Å². The summed E-state index contributed by atoms with van der Waals surface area (Å²) in [5.74, 6) is -0.170. The zero-order valence-corrected chi connectivity index (χ0v) is 13.3. The van der Waals surface area contributed by atoms with Gasteiger partial charge in [0.2, 0.25) is 5.91 Å². The van der Waals surface area contributed by atoms with Crippen molar-refractivity contribution in [2.75, 3.05) is 19.5 Å². The van der Waals surface area contributed by atoms with Crippen LogP contribution in [-0.4, -0.2) is 36.4 Å². The first-order valence-corrected chi connectivity index (χ1v) is 7.55. The average Bonchev–Trinajstić information content (AvgIpc) is 2.54. The fraction of sp³-hybridized carbons (Fsp3) is 0.467. The molecule has 0 aromatic heterocycles. The van der Waals surface area contributed by atoms with Crippen molar-refractivity contribution in [3.8, 4) is 0 Å². The highest BCUT2D eigenvalue weighted by atomic mass is 35.5. The Kier molecular flexibility index (Phi) is 8.83. The predicted octanol–water partition coefficient (Wildman–Crippen LogP) is 2.96. The van der Waals surface area contributed by atoms with Crippen LogP contribution in [0.3, 0.4) is 0 Å². The second-order valence-electron chi connectivity index (χ2n) is 4.51. The van der Waals surface area contributed by atoms with Gasteiger partial charge in [-0.1, -0.05) is 35.6 Å². The lowest BCUT2D eigenvalue weighted by Gasteiger charge is -2.15. The number of carbonyl (C=O) groups excluding carboxylic acids is 2. The molecule has 1 amide bonds. The Morgan fingerprint density at radius 2 is 1.95 bits per heavy atom. The van der Waals surface area contributed by atoms with Gasteiger partial charge in [0, 0.05) is 18.7 Å². The van der Waals surface area contributed by atoms with E-state index in [9.17, 15) is 9.59 Å². The molecule has 1 aromatic carbocycles. The lowest BCUT2D eigenvalue weighted by atomic mass is 10.2. The molecule has 0 atom stereocenters. The summed E-state index contributed by atoms with van der Waals surface area (Å²) in [6.07, 6.45) is 0.837. The van der Waals surface area contributed by atoms with E-state index in [1.54, 1.807) is 0 Å². The second-order valence-corrected chi connectivity index (χ2v) is 4.89. The van der Waals surface area contributed by atoms with E-state index >= 15 is 0 Å². The number of methoxy groups -OCH3 is 1. The molecule has 0 heterocycles. The molecule has 120 valence electrons.